The van der Waals surface area contributed by atoms with Gasteiger partial charge in [0.2, 0.25) is 11.8 Å². The van der Waals surface area contributed by atoms with E-state index in [4.69, 9.17) is 29.4 Å². The van der Waals surface area contributed by atoms with Gasteiger partial charge < -0.3 is 91.1 Å². The lowest BCUT2D eigenvalue weighted by molar-refractivity contribution is -0.358. The second-order valence-corrected chi connectivity index (χ2v) is 11.3. The first-order valence-corrected chi connectivity index (χ1v) is 14.3. The normalized spacial score (nSPS) is 42.9. The standard InChI is InChI=1S/C25H43N3O18/c1-7(30)27-13-9(32)3-25(24(40)41,46-21(13)15(34)10(33)4-26)42-6-12-16(35)18(37)19(38)23(44-12)45-20-11(5-29)43-22(39)14(17(20)36)28-8(2)31/h9-23,29,32-39H,3-6,26H2,1-2H3,(H,27,30)(H,28,31)(H,40,41)/t9-,10+,11+,12+,13+,14+,15+,16-,17+,18-,19+,20+,21+,22+,23-,25+/m0/s1. The minimum atomic E-state index is -2.80. The highest BCUT2D eigenvalue weighted by Crippen LogP contribution is 2.35. The number of aliphatic hydroxyl groups excluding tert-OH is 9. The Kier molecular flexibility index (Phi) is 13.1. The number of aliphatic hydroxyl groups is 9. The van der Waals surface area contributed by atoms with Gasteiger partial charge in [-0.25, -0.2) is 4.79 Å². The molecule has 0 unspecified atom stereocenters. The molecule has 21 heteroatoms. The van der Waals surface area contributed by atoms with Crippen LogP contribution in [-0.2, 0) is 38.1 Å². The van der Waals surface area contributed by atoms with Crippen molar-refractivity contribution in [2.45, 2.75) is 118 Å². The fourth-order valence-electron chi connectivity index (χ4n) is 5.49. The van der Waals surface area contributed by atoms with Gasteiger partial charge in [-0.2, -0.15) is 0 Å². The average Bonchev–Trinajstić information content (AvgIpc) is 2.99. The molecule has 3 aliphatic heterocycles. The maximum absolute atomic E-state index is 12.4. The van der Waals surface area contributed by atoms with Crippen molar-refractivity contribution in [2.75, 3.05) is 19.8 Å². The Balaban J connectivity index is 1.83. The Labute approximate surface area is 261 Å². The zero-order chi connectivity index (χ0) is 34.7. The number of rotatable bonds is 12. The molecule has 3 fully saturated rings. The van der Waals surface area contributed by atoms with Crippen LogP contribution in [0.4, 0.5) is 0 Å². The summed E-state index contributed by atoms with van der Waals surface area (Å²) >= 11 is 0. The molecule has 0 spiro atoms. The highest BCUT2D eigenvalue weighted by molar-refractivity contribution is 5.76. The summed E-state index contributed by atoms with van der Waals surface area (Å²) in [5.41, 5.74) is 5.39. The molecule has 14 N–H and O–H groups in total. The Morgan fingerprint density at radius 2 is 1.52 bits per heavy atom. The van der Waals surface area contributed by atoms with Crippen molar-refractivity contribution in [1.82, 2.24) is 10.6 Å². The third-order valence-electron chi connectivity index (χ3n) is 7.92. The van der Waals surface area contributed by atoms with E-state index in [9.17, 15) is 65.4 Å². The van der Waals surface area contributed by atoms with Crippen LogP contribution in [0.5, 0.6) is 0 Å². The van der Waals surface area contributed by atoms with Crippen molar-refractivity contribution >= 4 is 17.8 Å². The van der Waals surface area contributed by atoms with Crippen LogP contribution in [0.3, 0.4) is 0 Å². The van der Waals surface area contributed by atoms with Crippen molar-refractivity contribution in [3.8, 4) is 0 Å². The molecule has 3 aliphatic rings. The van der Waals surface area contributed by atoms with Gasteiger partial charge in [0.05, 0.1) is 31.5 Å². The number of carbonyl (C=O) groups is 3. The molecule has 0 aromatic rings. The average molecular weight is 674 g/mol. The van der Waals surface area contributed by atoms with Crippen molar-refractivity contribution in [1.29, 1.82) is 0 Å². The van der Waals surface area contributed by atoms with Crippen LogP contribution in [0.2, 0.25) is 0 Å². The Morgan fingerprint density at radius 1 is 0.913 bits per heavy atom. The van der Waals surface area contributed by atoms with Gasteiger partial charge in [-0.1, -0.05) is 0 Å². The van der Waals surface area contributed by atoms with E-state index in [2.05, 4.69) is 10.6 Å². The molecule has 0 aromatic heterocycles. The number of nitrogens with one attached hydrogen (secondary N) is 2. The topological polar surface area (TPSA) is 350 Å². The monoisotopic (exact) mass is 673 g/mol. The first-order chi connectivity index (χ1) is 21.5. The Hall–Kier alpha value is -2.19. The summed E-state index contributed by atoms with van der Waals surface area (Å²) in [4.78, 5) is 35.7. The third-order valence-corrected chi connectivity index (χ3v) is 7.92. The van der Waals surface area contributed by atoms with Gasteiger partial charge in [0.25, 0.3) is 5.79 Å². The second kappa shape index (κ2) is 15.8. The molecule has 0 aromatic carbocycles. The van der Waals surface area contributed by atoms with E-state index in [1.165, 1.54) is 0 Å². The second-order valence-electron chi connectivity index (χ2n) is 11.3. The van der Waals surface area contributed by atoms with Crippen LogP contribution >= 0.6 is 0 Å². The third kappa shape index (κ3) is 8.26. The molecule has 266 valence electrons. The number of carboxylic acids is 1. The van der Waals surface area contributed by atoms with Crippen molar-refractivity contribution in [3.05, 3.63) is 0 Å². The predicted octanol–water partition coefficient (Wildman–Crippen LogP) is -8.11. The number of carboxylic acid groups (broad SMARTS) is 1. The first kappa shape index (κ1) is 38.3. The lowest BCUT2D eigenvalue weighted by atomic mass is 9.88. The van der Waals surface area contributed by atoms with Crippen LogP contribution in [-0.4, -0.2) is 186 Å². The van der Waals surface area contributed by atoms with Gasteiger partial charge in [-0.3, -0.25) is 9.59 Å². The summed E-state index contributed by atoms with van der Waals surface area (Å²) in [6.45, 7) is -0.132. The number of hydrogen-bond acceptors (Lipinski definition) is 18. The Bertz CT molecular complexity index is 1060. The molecule has 0 bridgehead atoms. The molecule has 16 atom stereocenters. The summed E-state index contributed by atoms with van der Waals surface area (Å²) in [7, 11) is 0. The van der Waals surface area contributed by atoms with Crippen LogP contribution in [0.1, 0.15) is 20.3 Å². The molecule has 46 heavy (non-hydrogen) atoms. The minimum absolute atomic E-state index is 0.517. The van der Waals surface area contributed by atoms with Gasteiger partial charge in [0.1, 0.15) is 61.0 Å². The van der Waals surface area contributed by atoms with E-state index in [1.54, 1.807) is 0 Å². The molecule has 3 heterocycles. The maximum atomic E-state index is 12.4. The van der Waals surface area contributed by atoms with E-state index in [-0.39, 0.29) is 0 Å². The highest BCUT2D eigenvalue weighted by Gasteiger charge is 2.57. The quantitative estimate of drug-likeness (QED) is 0.0914. The van der Waals surface area contributed by atoms with Crippen molar-refractivity contribution in [3.63, 3.8) is 0 Å². The first-order valence-electron chi connectivity index (χ1n) is 14.3. The van der Waals surface area contributed by atoms with Crippen LogP contribution in [0.25, 0.3) is 0 Å². The molecule has 3 rings (SSSR count). The minimum Gasteiger partial charge on any atom is -0.477 e. The van der Waals surface area contributed by atoms with Crippen molar-refractivity contribution < 1.29 is 89.1 Å². The van der Waals surface area contributed by atoms with Gasteiger partial charge in [0.15, 0.2) is 12.6 Å². The Morgan fingerprint density at radius 3 is 2.07 bits per heavy atom. The fraction of sp³-hybridized carbons (Fsp3) is 0.880. The maximum Gasteiger partial charge on any atom is 0.364 e. The number of hydrogen-bond donors (Lipinski definition) is 13. The molecule has 3 saturated heterocycles. The number of amides is 2. The zero-order valence-electron chi connectivity index (χ0n) is 24.8. The molecule has 0 radical (unpaired) electrons. The molecule has 2 amide bonds. The molecular formula is C25H43N3O18. The summed E-state index contributed by atoms with van der Waals surface area (Å²) in [5.74, 6) is -6.01. The van der Waals surface area contributed by atoms with Crippen LogP contribution < -0.4 is 16.4 Å². The lowest BCUT2D eigenvalue weighted by Crippen LogP contribution is -2.69. The SMILES string of the molecule is CC(=O)N[C@@H]1[C@@H](O)[C@H](O[C@@H]2O[C@H](CO[C@]3(C(=O)O)C[C@H](O)[C@@H](NC(C)=O)[C@H]([C@H](O)[C@H](O)CN)O3)[C@H](O)[C@H](O)[C@H]2O)[C@@H](CO)O[C@H]1O. The highest BCUT2D eigenvalue weighted by atomic mass is 16.8. The van der Waals surface area contributed by atoms with Crippen molar-refractivity contribution in [2.24, 2.45) is 5.73 Å². The smallest absolute Gasteiger partial charge is 0.364 e. The molecule has 0 saturated carbocycles. The van der Waals surface area contributed by atoms with Gasteiger partial charge in [-0.05, 0) is 0 Å². The number of carbonyl (C=O) groups excluding carboxylic acids is 2. The van der Waals surface area contributed by atoms with E-state index in [0.29, 0.717) is 0 Å². The summed E-state index contributed by atoms with van der Waals surface area (Å²) < 4.78 is 27.3. The van der Waals surface area contributed by atoms with E-state index in [0.717, 1.165) is 13.8 Å². The van der Waals surface area contributed by atoms with Gasteiger partial charge in [0, 0.05) is 26.8 Å². The summed E-state index contributed by atoms with van der Waals surface area (Å²) in [5, 5.41) is 109. The molecule has 21 nitrogen and oxygen atoms in total. The van der Waals surface area contributed by atoms with E-state index >= 15 is 0 Å². The zero-order valence-corrected chi connectivity index (χ0v) is 24.8. The van der Waals surface area contributed by atoms with Gasteiger partial charge >= 0.3 is 5.97 Å². The van der Waals surface area contributed by atoms with Crippen LogP contribution in [0, 0.1) is 0 Å². The fourth-order valence-corrected chi connectivity index (χ4v) is 5.49. The van der Waals surface area contributed by atoms with E-state index in [1.807, 2.05) is 0 Å². The predicted molar refractivity (Wildman–Crippen MR) is 144 cm³/mol. The lowest BCUT2D eigenvalue weighted by Gasteiger charge is -2.48. The summed E-state index contributed by atoms with van der Waals surface area (Å²) in [6.07, 6.45) is -24.3. The van der Waals surface area contributed by atoms with E-state index < -0.39 is 142 Å². The largest absolute Gasteiger partial charge is 0.477 e. The summed E-state index contributed by atoms with van der Waals surface area (Å²) in [6, 6.07) is -2.90. The number of aliphatic carboxylic acids is 1. The molecule has 0 aliphatic carbocycles. The van der Waals surface area contributed by atoms with Crippen LogP contribution in [0.15, 0.2) is 0 Å². The molecular weight excluding hydrogens is 630 g/mol. The van der Waals surface area contributed by atoms with Gasteiger partial charge in [-0.15, -0.1) is 0 Å². The number of ether oxygens (including phenoxy) is 5. The number of nitrogens with two attached hydrogens (primary N) is 1.